The second-order valence-electron chi connectivity index (χ2n) is 4.55. The molecule has 1 aliphatic heterocycles. The molecule has 0 unspecified atom stereocenters. The molecule has 0 spiro atoms. The van der Waals surface area contributed by atoms with Gasteiger partial charge in [-0.15, -0.1) is 0 Å². The minimum absolute atomic E-state index is 0.273. The van der Waals surface area contributed by atoms with Gasteiger partial charge in [0.15, 0.2) is 0 Å². The highest BCUT2D eigenvalue weighted by Gasteiger charge is 2.19. The van der Waals surface area contributed by atoms with Crippen LogP contribution < -0.4 is 10.0 Å². The van der Waals surface area contributed by atoms with E-state index in [-0.39, 0.29) is 4.90 Å². The number of sulfonamides is 1. The molecule has 4 nitrogen and oxygen atoms in total. The quantitative estimate of drug-likeness (QED) is 0.782. The van der Waals surface area contributed by atoms with Crippen LogP contribution in [0.25, 0.3) is 0 Å². The molecular weight excluding hydrogens is 396 g/mol. The first-order valence-electron chi connectivity index (χ1n) is 6.17. The van der Waals surface area contributed by atoms with Gasteiger partial charge in [-0.2, -0.15) is 0 Å². The van der Waals surface area contributed by atoms with E-state index < -0.39 is 10.0 Å². The van der Waals surface area contributed by atoms with Crippen molar-refractivity contribution in [2.45, 2.75) is 30.2 Å². The normalized spacial score (nSPS) is 19.8. The van der Waals surface area contributed by atoms with Gasteiger partial charge in [0.05, 0.1) is 4.90 Å². The maximum absolute atomic E-state index is 12.2. The van der Waals surface area contributed by atoms with Crippen molar-refractivity contribution < 1.29 is 8.42 Å². The first-order chi connectivity index (χ1) is 8.99. The minimum atomic E-state index is -3.44. The van der Waals surface area contributed by atoms with Crippen LogP contribution in [0, 0.1) is 0 Å². The van der Waals surface area contributed by atoms with Crippen molar-refractivity contribution in [1.29, 1.82) is 0 Å². The lowest BCUT2D eigenvalue weighted by atomic mass is 10.2. The zero-order chi connectivity index (χ0) is 13.9. The molecule has 1 saturated heterocycles. The van der Waals surface area contributed by atoms with E-state index in [1.807, 2.05) is 0 Å². The number of hydrogen-bond acceptors (Lipinski definition) is 3. The average Bonchev–Trinajstić information content (AvgIpc) is 2.81. The van der Waals surface area contributed by atoms with Crippen LogP contribution in [0.15, 0.2) is 32.0 Å². The van der Waals surface area contributed by atoms with Gasteiger partial charge in [-0.25, -0.2) is 13.1 Å². The van der Waals surface area contributed by atoms with Crippen LogP contribution in [0.2, 0.25) is 0 Å². The summed E-state index contributed by atoms with van der Waals surface area (Å²) < 4.78 is 28.4. The Bertz CT molecular complexity index is 543. The number of nitrogens with one attached hydrogen (secondary N) is 2. The largest absolute Gasteiger partial charge is 0.314 e. The molecule has 0 aromatic heterocycles. The number of rotatable bonds is 5. The van der Waals surface area contributed by atoms with E-state index >= 15 is 0 Å². The number of halogens is 2. The molecule has 1 aromatic carbocycles. The summed E-state index contributed by atoms with van der Waals surface area (Å²) in [5.74, 6) is 0. The van der Waals surface area contributed by atoms with E-state index in [0.29, 0.717) is 17.1 Å². The summed E-state index contributed by atoms with van der Waals surface area (Å²) >= 11 is 6.59. The molecular formula is C12H16Br2N2O2S. The van der Waals surface area contributed by atoms with Crippen molar-refractivity contribution >= 4 is 41.9 Å². The van der Waals surface area contributed by atoms with Gasteiger partial charge in [-0.05, 0) is 59.9 Å². The fourth-order valence-corrected chi connectivity index (χ4v) is 4.93. The Morgan fingerprint density at radius 1 is 1.37 bits per heavy atom. The Balaban J connectivity index is 1.97. The zero-order valence-corrected chi connectivity index (χ0v) is 14.3. The van der Waals surface area contributed by atoms with E-state index in [0.717, 1.165) is 23.9 Å². The Hall–Kier alpha value is 0.0500. The van der Waals surface area contributed by atoms with Gasteiger partial charge in [-0.3, -0.25) is 0 Å². The first-order valence-corrected chi connectivity index (χ1v) is 9.24. The third kappa shape index (κ3) is 4.26. The monoisotopic (exact) mass is 410 g/mol. The molecule has 1 fully saturated rings. The third-order valence-corrected chi connectivity index (χ3v) is 6.06. The predicted octanol–water partition coefficient (Wildman–Crippen LogP) is 2.63. The summed E-state index contributed by atoms with van der Waals surface area (Å²) in [5, 5.41) is 3.35. The lowest BCUT2D eigenvalue weighted by Gasteiger charge is -2.12. The first kappa shape index (κ1) is 15.4. The van der Waals surface area contributed by atoms with Crippen LogP contribution in [0.3, 0.4) is 0 Å². The SMILES string of the molecule is O=S(=O)(NCC[C@H]1CCCN1)c1ccc(Br)cc1Br. The van der Waals surface area contributed by atoms with E-state index in [1.165, 1.54) is 6.42 Å². The maximum atomic E-state index is 12.2. The molecule has 2 N–H and O–H groups in total. The summed E-state index contributed by atoms with van der Waals surface area (Å²) in [5.41, 5.74) is 0. The molecule has 1 atom stereocenters. The number of benzene rings is 1. The van der Waals surface area contributed by atoms with Gasteiger partial charge in [0.2, 0.25) is 10.0 Å². The molecule has 1 aromatic rings. The highest BCUT2D eigenvalue weighted by molar-refractivity contribution is 9.11. The molecule has 106 valence electrons. The van der Waals surface area contributed by atoms with Crippen molar-refractivity contribution in [2.75, 3.05) is 13.1 Å². The maximum Gasteiger partial charge on any atom is 0.241 e. The van der Waals surface area contributed by atoms with Gasteiger partial charge >= 0.3 is 0 Å². The molecule has 0 radical (unpaired) electrons. The van der Waals surface area contributed by atoms with Crippen LogP contribution in [0.1, 0.15) is 19.3 Å². The predicted molar refractivity (Wildman–Crippen MR) is 82.7 cm³/mol. The molecule has 7 heteroatoms. The van der Waals surface area contributed by atoms with Crippen molar-refractivity contribution in [3.05, 3.63) is 27.1 Å². The van der Waals surface area contributed by atoms with Gasteiger partial charge in [-0.1, -0.05) is 15.9 Å². The van der Waals surface area contributed by atoms with Crippen molar-refractivity contribution in [3.63, 3.8) is 0 Å². The minimum Gasteiger partial charge on any atom is -0.314 e. The topological polar surface area (TPSA) is 58.2 Å². The van der Waals surface area contributed by atoms with E-state index in [4.69, 9.17) is 0 Å². The second-order valence-corrected chi connectivity index (χ2v) is 8.06. The zero-order valence-electron chi connectivity index (χ0n) is 10.3. The van der Waals surface area contributed by atoms with Gasteiger partial charge in [0.25, 0.3) is 0 Å². The Kier molecular flexibility index (Phi) is 5.42. The summed E-state index contributed by atoms with van der Waals surface area (Å²) in [7, 11) is -3.44. The molecule has 2 rings (SSSR count). The Morgan fingerprint density at radius 3 is 2.79 bits per heavy atom. The Labute approximate surface area is 130 Å². The van der Waals surface area contributed by atoms with Crippen molar-refractivity contribution in [3.8, 4) is 0 Å². The smallest absolute Gasteiger partial charge is 0.241 e. The lowest BCUT2D eigenvalue weighted by Crippen LogP contribution is -2.30. The Morgan fingerprint density at radius 2 is 2.16 bits per heavy atom. The van der Waals surface area contributed by atoms with Crippen LogP contribution in [0.4, 0.5) is 0 Å². The summed E-state index contributed by atoms with van der Waals surface area (Å²) in [6.45, 7) is 1.50. The van der Waals surface area contributed by atoms with Crippen LogP contribution in [-0.2, 0) is 10.0 Å². The molecule has 19 heavy (non-hydrogen) atoms. The molecule has 1 aliphatic rings. The fourth-order valence-electron chi connectivity index (χ4n) is 2.14. The summed E-state index contributed by atoms with van der Waals surface area (Å²) in [6, 6.07) is 5.48. The molecule has 0 saturated carbocycles. The number of hydrogen-bond donors (Lipinski definition) is 2. The van der Waals surface area contributed by atoms with Crippen molar-refractivity contribution in [2.24, 2.45) is 0 Å². The summed E-state index contributed by atoms with van der Waals surface area (Å²) in [4.78, 5) is 0.273. The van der Waals surface area contributed by atoms with Crippen molar-refractivity contribution in [1.82, 2.24) is 10.0 Å². The molecule has 1 heterocycles. The molecule has 0 bridgehead atoms. The highest BCUT2D eigenvalue weighted by atomic mass is 79.9. The van der Waals surface area contributed by atoms with Gasteiger partial charge < -0.3 is 5.32 Å². The standard InChI is InChI=1S/C12H16Br2N2O2S/c13-9-3-4-12(11(14)8-9)19(17,18)16-7-5-10-2-1-6-15-10/h3-4,8,10,15-16H,1-2,5-7H2/t10-/m1/s1. The van der Waals surface area contributed by atoms with Crippen LogP contribution in [0.5, 0.6) is 0 Å². The van der Waals surface area contributed by atoms with Gasteiger partial charge in [0.1, 0.15) is 0 Å². The third-order valence-electron chi connectivity index (χ3n) is 3.13. The second kappa shape index (κ2) is 6.67. The average molecular weight is 412 g/mol. The van der Waals surface area contributed by atoms with Gasteiger partial charge in [0, 0.05) is 21.5 Å². The van der Waals surface area contributed by atoms with E-state index in [1.54, 1.807) is 18.2 Å². The summed E-state index contributed by atoms with van der Waals surface area (Å²) in [6.07, 6.45) is 3.13. The fraction of sp³-hybridized carbons (Fsp3) is 0.500. The van der Waals surface area contributed by atoms with Crippen LogP contribution in [-0.4, -0.2) is 27.5 Å². The van der Waals surface area contributed by atoms with E-state index in [9.17, 15) is 8.42 Å². The highest BCUT2D eigenvalue weighted by Crippen LogP contribution is 2.25. The lowest BCUT2D eigenvalue weighted by molar-refractivity contribution is 0.539. The molecule has 0 amide bonds. The van der Waals surface area contributed by atoms with E-state index in [2.05, 4.69) is 41.9 Å². The molecule has 0 aliphatic carbocycles. The van der Waals surface area contributed by atoms with Crippen LogP contribution >= 0.6 is 31.9 Å².